The first kappa shape index (κ1) is 12.7. The van der Waals surface area contributed by atoms with Crippen LogP contribution < -0.4 is 11.5 Å². The van der Waals surface area contributed by atoms with Crippen molar-refractivity contribution in [2.75, 3.05) is 11.5 Å². The highest BCUT2D eigenvalue weighted by atomic mass is 32.2. The van der Waals surface area contributed by atoms with E-state index in [-0.39, 0.29) is 16.3 Å². The Kier molecular flexibility index (Phi) is 4.08. The van der Waals surface area contributed by atoms with E-state index in [9.17, 15) is 13.6 Å². The molecular weight excluding hydrogens is 238 g/mol. The fraction of sp³-hybridized carbons (Fsp3) is 0.222. The largest absolute Gasteiger partial charge is 0.480 e. The van der Waals surface area contributed by atoms with Crippen molar-refractivity contribution >= 4 is 23.4 Å². The molecule has 0 heterocycles. The Morgan fingerprint density at radius 2 is 2.00 bits per heavy atom. The number of nitrogen functional groups attached to an aromatic ring is 1. The number of rotatable bonds is 4. The summed E-state index contributed by atoms with van der Waals surface area (Å²) in [5.74, 6) is -3.19. The van der Waals surface area contributed by atoms with Gasteiger partial charge in [0.05, 0.1) is 0 Å². The summed E-state index contributed by atoms with van der Waals surface area (Å²) in [4.78, 5) is 10.7. The maximum atomic E-state index is 12.9. The van der Waals surface area contributed by atoms with Crippen LogP contribution in [0.1, 0.15) is 0 Å². The topological polar surface area (TPSA) is 89.3 Å². The van der Waals surface area contributed by atoms with Gasteiger partial charge in [-0.3, -0.25) is 4.79 Å². The lowest BCUT2D eigenvalue weighted by atomic mass is 10.3. The molecular formula is C9H10F2N2O2S. The average molecular weight is 248 g/mol. The number of anilines is 1. The first-order valence-corrected chi connectivity index (χ1v) is 5.26. The van der Waals surface area contributed by atoms with Crippen LogP contribution in [-0.2, 0) is 4.79 Å². The van der Waals surface area contributed by atoms with Gasteiger partial charge in [0, 0.05) is 22.4 Å². The number of aliphatic carboxylic acids is 1. The molecule has 0 saturated carbocycles. The first-order chi connectivity index (χ1) is 7.41. The third-order valence-electron chi connectivity index (χ3n) is 1.79. The van der Waals surface area contributed by atoms with Crippen LogP contribution in [0.2, 0.25) is 0 Å². The number of carbonyl (C=O) groups is 1. The van der Waals surface area contributed by atoms with Crippen LogP contribution in [0.5, 0.6) is 0 Å². The van der Waals surface area contributed by atoms with Crippen molar-refractivity contribution in [2.45, 2.75) is 10.9 Å². The number of hydrogen-bond acceptors (Lipinski definition) is 4. The van der Waals surface area contributed by atoms with E-state index in [4.69, 9.17) is 16.6 Å². The van der Waals surface area contributed by atoms with Gasteiger partial charge in [-0.2, -0.15) is 0 Å². The van der Waals surface area contributed by atoms with E-state index >= 15 is 0 Å². The SMILES string of the molecule is Nc1cc(F)c(F)cc1SC[C@@H](N)C(=O)O. The fourth-order valence-corrected chi connectivity index (χ4v) is 1.83. The molecule has 0 fully saturated rings. The van der Waals surface area contributed by atoms with Gasteiger partial charge in [-0.25, -0.2) is 8.78 Å². The van der Waals surface area contributed by atoms with E-state index in [1.165, 1.54) is 0 Å². The molecule has 5 N–H and O–H groups in total. The highest BCUT2D eigenvalue weighted by Gasteiger charge is 2.14. The molecule has 1 aromatic rings. The molecule has 0 aromatic heterocycles. The minimum absolute atomic E-state index is 0.0323. The van der Waals surface area contributed by atoms with E-state index in [2.05, 4.69) is 0 Å². The molecule has 88 valence electrons. The summed E-state index contributed by atoms with van der Waals surface area (Å²) in [6.07, 6.45) is 0. The van der Waals surface area contributed by atoms with Crippen LogP contribution in [-0.4, -0.2) is 22.9 Å². The zero-order valence-electron chi connectivity index (χ0n) is 8.11. The zero-order valence-corrected chi connectivity index (χ0v) is 8.93. The quantitative estimate of drug-likeness (QED) is 0.547. The molecule has 0 bridgehead atoms. The minimum atomic E-state index is -1.16. The smallest absolute Gasteiger partial charge is 0.321 e. The molecule has 16 heavy (non-hydrogen) atoms. The van der Waals surface area contributed by atoms with Gasteiger partial charge < -0.3 is 16.6 Å². The zero-order chi connectivity index (χ0) is 12.3. The second-order valence-electron chi connectivity index (χ2n) is 3.06. The van der Waals surface area contributed by atoms with Crippen molar-refractivity contribution in [1.29, 1.82) is 0 Å². The molecule has 0 saturated heterocycles. The van der Waals surface area contributed by atoms with Gasteiger partial charge in [0.25, 0.3) is 0 Å². The van der Waals surface area contributed by atoms with E-state index in [1.807, 2.05) is 0 Å². The third-order valence-corrected chi connectivity index (χ3v) is 2.98. The highest BCUT2D eigenvalue weighted by molar-refractivity contribution is 7.99. The first-order valence-electron chi connectivity index (χ1n) is 4.27. The van der Waals surface area contributed by atoms with Gasteiger partial charge in [0.1, 0.15) is 6.04 Å². The predicted molar refractivity (Wildman–Crippen MR) is 57.1 cm³/mol. The van der Waals surface area contributed by atoms with Crippen LogP contribution in [0.25, 0.3) is 0 Å². The van der Waals surface area contributed by atoms with Gasteiger partial charge in [-0.05, 0) is 6.07 Å². The van der Waals surface area contributed by atoms with Crippen LogP contribution in [0.15, 0.2) is 17.0 Å². The second-order valence-corrected chi connectivity index (χ2v) is 4.12. The average Bonchev–Trinajstić information content (AvgIpc) is 2.20. The Bertz CT molecular complexity index is 415. The number of nitrogens with two attached hydrogens (primary N) is 2. The van der Waals surface area contributed by atoms with Gasteiger partial charge in [-0.15, -0.1) is 11.8 Å². The molecule has 0 aliphatic heterocycles. The van der Waals surface area contributed by atoms with Crippen LogP contribution in [0, 0.1) is 11.6 Å². The molecule has 0 amide bonds. The van der Waals surface area contributed by atoms with E-state index in [0.29, 0.717) is 0 Å². The maximum Gasteiger partial charge on any atom is 0.321 e. The molecule has 7 heteroatoms. The lowest BCUT2D eigenvalue weighted by molar-refractivity contribution is -0.137. The summed E-state index contributed by atoms with van der Waals surface area (Å²) in [5.41, 5.74) is 10.7. The number of hydrogen-bond donors (Lipinski definition) is 3. The molecule has 0 spiro atoms. The summed E-state index contributed by atoms with van der Waals surface area (Å²) >= 11 is 0.969. The van der Waals surface area contributed by atoms with Gasteiger partial charge in [0.2, 0.25) is 0 Å². The van der Waals surface area contributed by atoms with Crippen molar-refractivity contribution in [2.24, 2.45) is 5.73 Å². The van der Waals surface area contributed by atoms with E-state index in [1.54, 1.807) is 0 Å². The van der Waals surface area contributed by atoms with Crippen molar-refractivity contribution in [1.82, 2.24) is 0 Å². The predicted octanol–water partition coefficient (Wildman–Crippen LogP) is 1.05. The van der Waals surface area contributed by atoms with Crippen LogP contribution in [0.3, 0.4) is 0 Å². The molecule has 1 atom stereocenters. The van der Waals surface area contributed by atoms with Crippen molar-refractivity contribution < 1.29 is 18.7 Å². The van der Waals surface area contributed by atoms with Gasteiger partial charge >= 0.3 is 5.97 Å². The van der Waals surface area contributed by atoms with Crippen molar-refractivity contribution in [3.63, 3.8) is 0 Å². The molecule has 4 nitrogen and oxygen atoms in total. The van der Waals surface area contributed by atoms with Gasteiger partial charge in [0.15, 0.2) is 11.6 Å². The molecule has 0 radical (unpaired) electrons. The van der Waals surface area contributed by atoms with Crippen molar-refractivity contribution in [3.8, 4) is 0 Å². The number of thioether (sulfide) groups is 1. The monoisotopic (exact) mass is 248 g/mol. The Hall–Kier alpha value is -1.34. The Balaban J connectivity index is 2.74. The Morgan fingerprint density at radius 1 is 1.44 bits per heavy atom. The normalized spacial score (nSPS) is 12.4. The van der Waals surface area contributed by atoms with Crippen LogP contribution in [0.4, 0.5) is 14.5 Å². The number of halogens is 2. The standard InChI is InChI=1S/C9H10F2N2O2S/c10-4-1-6(12)8(2-5(4)11)16-3-7(13)9(14)15/h1-2,7H,3,12-13H2,(H,14,15)/t7-/m1/s1. The lowest BCUT2D eigenvalue weighted by Gasteiger charge is -2.08. The third kappa shape index (κ3) is 3.07. The number of carboxylic acids is 1. The van der Waals surface area contributed by atoms with Gasteiger partial charge in [-0.1, -0.05) is 0 Å². The Labute approximate surface area is 94.6 Å². The summed E-state index contributed by atoms with van der Waals surface area (Å²) in [6, 6.07) is 0.700. The summed E-state index contributed by atoms with van der Waals surface area (Å²) in [7, 11) is 0. The highest BCUT2D eigenvalue weighted by Crippen LogP contribution is 2.27. The second kappa shape index (κ2) is 5.13. The fourth-order valence-electron chi connectivity index (χ4n) is 0.920. The summed E-state index contributed by atoms with van der Waals surface area (Å²) < 4.78 is 25.6. The van der Waals surface area contributed by atoms with E-state index in [0.717, 1.165) is 23.9 Å². The molecule has 0 aliphatic rings. The number of benzene rings is 1. The summed E-state index contributed by atoms with van der Waals surface area (Å²) in [6.45, 7) is 0. The van der Waals surface area contributed by atoms with Crippen molar-refractivity contribution in [3.05, 3.63) is 23.8 Å². The molecule has 1 rings (SSSR count). The molecule has 1 aromatic carbocycles. The molecule has 0 unspecified atom stereocenters. The Morgan fingerprint density at radius 3 is 2.56 bits per heavy atom. The maximum absolute atomic E-state index is 12.9. The lowest BCUT2D eigenvalue weighted by Crippen LogP contribution is -2.32. The molecule has 0 aliphatic carbocycles. The summed E-state index contributed by atoms with van der Waals surface area (Å²) in [5, 5.41) is 8.52. The number of carboxylic acid groups (broad SMARTS) is 1. The van der Waals surface area contributed by atoms with Crippen LogP contribution >= 0.6 is 11.8 Å². The minimum Gasteiger partial charge on any atom is -0.480 e. The van der Waals surface area contributed by atoms with E-state index < -0.39 is 23.6 Å².